The molecule has 1 heterocycles. The van der Waals surface area contributed by atoms with Gasteiger partial charge in [0.15, 0.2) is 0 Å². The average molecular weight is 326 g/mol. The molecule has 0 saturated carbocycles. The second-order valence-electron chi connectivity index (χ2n) is 6.54. The number of piperidine rings is 1. The van der Waals surface area contributed by atoms with Crippen molar-refractivity contribution in [1.82, 2.24) is 4.31 Å². The predicted octanol–water partition coefficient (Wildman–Crippen LogP) is 2.22. The topological polar surface area (TPSA) is 72.6 Å². The predicted molar refractivity (Wildman–Crippen MR) is 87.4 cm³/mol. The van der Waals surface area contributed by atoms with Crippen LogP contribution >= 0.6 is 0 Å². The Morgan fingerprint density at radius 1 is 1.32 bits per heavy atom. The molecule has 1 aliphatic heterocycles. The van der Waals surface area contributed by atoms with E-state index in [1.165, 1.54) is 4.31 Å². The third-order valence-electron chi connectivity index (χ3n) is 4.21. The van der Waals surface area contributed by atoms with Gasteiger partial charge in [-0.25, -0.2) is 8.42 Å². The average Bonchev–Trinajstić information content (AvgIpc) is 2.48. The minimum Gasteiger partial charge on any atom is -0.494 e. The van der Waals surface area contributed by atoms with E-state index in [1.54, 1.807) is 24.3 Å². The second kappa shape index (κ2) is 6.56. The molecule has 1 atom stereocenters. The fourth-order valence-corrected chi connectivity index (χ4v) is 4.23. The lowest BCUT2D eigenvalue weighted by Gasteiger charge is -2.41. The first-order chi connectivity index (χ1) is 10.3. The van der Waals surface area contributed by atoms with Crippen LogP contribution in [-0.2, 0) is 10.0 Å². The maximum atomic E-state index is 12.8. The molecule has 0 amide bonds. The van der Waals surface area contributed by atoms with Crippen molar-refractivity contribution in [2.45, 2.75) is 44.6 Å². The Labute approximate surface area is 133 Å². The van der Waals surface area contributed by atoms with Gasteiger partial charge >= 0.3 is 0 Å². The van der Waals surface area contributed by atoms with Gasteiger partial charge in [0.25, 0.3) is 0 Å². The van der Waals surface area contributed by atoms with E-state index in [4.69, 9.17) is 10.5 Å². The van der Waals surface area contributed by atoms with Crippen LogP contribution < -0.4 is 10.5 Å². The molecule has 0 aromatic heterocycles. The zero-order chi connectivity index (χ0) is 16.4. The first-order valence-electron chi connectivity index (χ1n) is 7.76. The summed E-state index contributed by atoms with van der Waals surface area (Å²) in [5.74, 6) is 0.696. The first-order valence-corrected chi connectivity index (χ1v) is 9.20. The molecule has 2 rings (SSSR count). The Morgan fingerprint density at radius 3 is 2.50 bits per heavy atom. The van der Waals surface area contributed by atoms with E-state index in [1.807, 2.05) is 20.8 Å². The van der Waals surface area contributed by atoms with Crippen molar-refractivity contribution >= 4 is 10.0 Å². The SMILES string of the molecule is CCCOc1ccc(S(=O)(=O)N2CCC(N)C(C)(C)C2)cc1. The van der Waals surface area contributed by atoms with Gasteiger partial charge in [-0.1, -0.05) is 20.8 Å². The summed E-state index contributed by atoms with van der Waals surface area (Å²) in [6, 6.07) is 6.68. The van der Waals surface area contributed by atoms with Crippen LogP contribution in [0.2, 0.25) is 0 Å². The Kier molecular flexibility index (Phi) is 5.14. The number of sulfonamides is 1. The maximum absolute atomic E-state index is 12.8. The summed E-state index contributed by atoms with van der Waals surface area (Å²) in [7, 11) is -3.47. The molecule has 2 N–H and O–H groups in total. The van der Waals surface area contributed by atoms with Gasteiger partial charge in [0.1, 0.15) is 5.75 Å². The number of benzene rings is 1. The number of hydrogen-bond acceptors (Lipinski definition) is 4. The molecule has 1 aromatic carbocycles. The quantitative estimate of drug-likeness (QED) is 0.900. The van der Waals surface area contributed by atoms with Crippen LogP contribution in [0.1, 0.15) is 33.6 Å². The summed E-state index contributed by atoms with van der Waals surface area (Å²) in [6.07, 6.45) is 1.60. The van der Waals surface area contributed by atoms with Crippen molar-refractivity contribution < 1.29 is 13.2 Å². The maximum Gasteiger partial charge on any atom is 0.243 e. The van der Waals surface area contributed by atoms with Gasteiger partial charge in [-0.05, 0) is 42.5 Å². The zero-order valence-electron chi connectivity index (χ0n) is 13.6. The highest BCUT2D eigenvalue weighted by atomic mass is 32.2. The normalized spacial score (nSPS) is 22.5. The number of nitrogens with two attached hydrogens (primary N) is 1. The molecule has 1 aliphatic rings. The van der Waals surface area contributed by atoms with Crippen molar-refractivity contribution in [2.75, 3.05) is 19.7 Å². The Balaban J connectivity index is 2.16. The van der Waals surface area contributed by atoms with Gasteiger partial charge in [0.2, 0.25) is 10.0 Å². The number of hydrogen-bond donors (Lipinski definition) is 1. The van der Waals surface area contributed by atoms with Gasteiger partial charge < -0.3 is 10.5 Å². The molecule has 6 heteroatoms. The highest BCUT2D eigenvalue weighted by Crippen LogP contribution is 2.31. The standard InChI is InChI=1S/C16H26N2O3S/c1-4-11-21-13-5-7-14(8-6-13)22(19,20)18-10-9-15(17)16(2,3)12-18/h5-8,15H,4,9-12,17H2,1-3H3. The van der Waals surface area contributed by atoms with Gasteiger partial charge in [0, 0.05) is 19.1 Å². The molecule has 124 valence electrons. The molecule has 1 unspecified atom stereocenters. The minimum atomic E-state index is -3.47. The lowest BCUT2D eigenvalue weighted by molar-refractivity contribution is 0.155. The molecule has 22 heavy (non-hydrogen) atoms. The van der Waals surface area contributed by atoms with Crippen LogP contribution in [0, 0.1) is 5.41 Å². The molecule has 1 aromatic rings. The number of rotatable bonds is 5. The van der Waals surface area contributed by atoms with Crippen LogP contribution in [0.15, 0.2) is 29.2 Å². The van der Waals surface area contributed by atoms with E-state index < -0.39 is 10.0 Å². The first kappa shape index (κ1) is 17.2. The second-order valence-corrected chi connectivity index (χ2v) is 8.48. The number of ether oxygens (including phenoxy) is 1. The van der Waals surface area contributed by atoms with E-state index in [-0.39, 0.29) is 11.5 Å². The fraction of sp³-hybridized carbons (Fsp3) is 0.625. The smallest absolute Gasteiger partial charge is 0.243 e. The zero-order valence-corrected chi connectivity index (χ0v) is 14.4. The summed E-state index contributed by atoms with van der Waals surface area (Å²) in [6.45, 7) is 7.61. The number of nitrogens with zero attached hydrogens (tertiary/aromatic N) is 1. The Morgan fingerprint density at radius 2 is 1.95 bits per heavy atom. The van der Waals surface area contributed by atoms with Gasteiger partial charge in [-0.15, -0.1) is 0 Å². The van der Waals surface area contributed by atoms with Crippen LogP contribution in [0.25, 0.3) is 0 Å². The van der Waals surface area contributed by atoms with Crippen LogP contribution in [0.3, 0.4) is 0 Å². The summed E-state index contributed by atoms with van der Waals surface area (Å²) >= 11 is 0. The highest BCUT2D eigenvalue weighted by Gasteiger charge is 2.38. The molecule has 1 saturated heterocycles. The van der Waals surface area contributed by atoms with Crippen molar-refractivity contribution in [3.8, 4) is 5.75 Å². The lowest BCUT2D eigenvalue weighted by Crippen LogP contribution is -2.53. The van der Waals surface area contributed by atoms with Crippen LogP contribution in [0.5, 0.6) is 5.75 Å². The van der Waals surface area contributed by atoms with Gasteiger partial charge in [-0.2, -0.15) is 4.31 Å². The molecule has 0 spiro atoms. The van der Waals surface area contributed by atoms with Gasteiger partial charge in [0.05, 0.1) is 11.5 Å². The molecular weight excluding hydrogens is 300 g/mol. The van der Waals surface area contributed by atoms with E-state index in [0.29, 0.717) is 36.8 Å². The molecule has 1 fully saturated rings. The molecular formula is C16H26N2O3S. The Bertz CT molecular complexity index is 596. The van der Waals surface area contributed by atoms with Crippen molar-refractivity contribution in [1.29, 1.82) is 0 Å². The van der Waals surface area contributed by atoms with Crippen molar-refractivity contribution in [3.05, 3.63) is 24.3 Å². The van der Waals surface area contributed by atoms with Crippen molar-refractivity contribution in [3.63, 3.8) is 0 Å². The van der Waals surface area contributed by atoms with E-state index in [0.717, 1.165) is 6.42 Å². The largest absolute Gasteiger partial charge is 0.494 e. The Hall–Kier alpha value is -1.11. The van der Waals surface area contributed by atoms with E-state index in [2.05, 4.69) is 0 Å². The van der Waals surface area contributed by atoms with Crippen LogP contribution in [0.4, 0.5) is 0 Å². The molecule has 0 bridgehead atoms. The fourth-order valence-electron chi connectivity index (χ4n) is 2.61. The molecule has 0 aliphatic carbocycles. The summed E-state index contributed by atoms with van der Waals surface area (Å²) in [4.78, 5) is 0.308. The third kappa shape index (κ3) is 3.62. The van der Waals surface area contributed by atoms with Crippen molar-refractivity contribution in [2.24, 2.45) is 11.1 Å². The lowest BCUT2D eigenvalue weighted by atomic mass is 9.81. The minimum absolute atomic E-state index is 0.0313. The molecule has 5 nitrogen and oxygen atoms in total. The van der Waals surface area contributed by atoms with E-state index >= 15 is 0 Å². The van der Waals surface area contributed by atoms with Gasteiger partial charge in [-0.3, -0.25) is 0 Å². The monoisotopic (exact) mass is 326 g/mol. The summed E-state index contributed by atoms with van der Waals surface area (Å²) in [5, 5.41) is 0. The molecule has 0 radical (unpaired) electrons. The highest BCUT2D eigenvalue weighted by molar-refractivity contribution is 7.89. The third-order valence-corrected chi connectivity index (χ3v) is 6.07. The summed E-state index contributed by atoms with van der Waals surface area (Å²) < 4.78 is 32.5. The van der Waals surface area contributed by atoms with Crippen LogP contribution in [-0.4, -0.2) is 38.5 Å². The summed E-state index contributed by atoms with van der Waals surface area (Å²) in [5.41, 5.74) is 5.87. The van der Waals surface area contributed by atoms with E-state index in [9.17, 15) is 8.42 Å².